The third-order valence-electron chi connectivity index (χ3n) is 5.35. The summed E-state index contributed by atoms with van der Waals surface area (Å²) in [7, 11) is 1.56. The Kier molecular flexibility index (Phi) is 6.68. The fraction of sp³-hybridized carbons (Fsp3) is 0.115. The van der Waals surface area contributed by atoms with Crippen LogP contribution in [0, 0.1) is 0 Å². The van der Waals surface area contributed by atoms with Gasteiger partial charge in [-0.2, -0.15) is 0 Å². The molecular weight excluding hydrogens is 452 g/mol. The first kappa shape index (κ1) is 23.4. The van der Waals surface area contributed by atoms with E-state index in [4.69, 9.17) is 14.6 Å². The standard InChI is InChI=1S/C26H22N2O7/c1-34-18-9-7-16(8-10-18)17-11-19-23(20(12-17)35-14-15-5-3-2-4-6-15)28-26(33)22(24(19)31)25(32)27-13-21(29)30/h2-12H,13-14H2,1H3,(H,27,32)(H,29,30)(H2,28,31,33). The Hall–Kier alpha value is -4.79. The van der Waals surface area contributed by atoms with Crippen molar-refractivity contribution in [3.05, 3.63) is 88.2 Å². The van der Waals surface area contributed by atoms with Crippen LogP contribution in [0.3, 0.4) is 0 Å². The van der Waals surface area contributed by atoms with E-state index in [-0.39, 0.29) is 17.5 Å². The minimum Gasteiger partial charge on any atom is -0.506 e. The molecule has 3 aromatic carbocycles. The van der Waals surface area contributed by atoms with Gasteiger partial charge < -0.3 is 30.0 Å². The number of benzene rings is 3. The van der Waals surface area contributed by atoms with Crippen LogP contribution in [0.5, 0.6) is 17.2 Å². The molecule has 0 fully saturated rings. The molecule has 178 valence electrons. The molecule has 35 heavy (non-hydrogen) atoms. The van der Waals surface area contributed by atoms with E-state index in [0.717, 1.165) is 11.1 Å². The molecule has 0 spiro atoms. The molecule has 4 N–H and O–H groups in total. The maximum Gasteiger partial charge on any atom is 0.322 e. The molecule has 0 atom stereocenters. The Labute approximate surface area is 199 Å². The quantitative estimate of drug-likeness (QED) is 0.307. The number of carbonyl (C=O) groups excluding carboxylic acids is 1. The van der Waals surface area contributed by atoms with E-state index < -0.39 is 35.3 Å². The van der Waals surface area contributed by atoms with E-state index in [0.29, 0.717) is 17.1 Å². The fourth-order valence-electron chi connectivity index (χ4n) is 3.60. The largest absolute Gasteiger partial charge is 0.506 e. The Morgan fingerprint density at radius 1 is 1.00 bits per heavy atom. The number of hydrogen-bond donors (Lipinski definition) is 4. The molecule has 9 nitrogen and oxygen atoms in total. The summed E-state index contributed by atoms with van der Waals surface area (Å²) in [6.45, 7) is -0.501. The number of pyridine rings is 1. The topological polar surface area (TPSA) is 138 Å². The van der Waals surface area contributed by atoms with Gasteiger partial charge in [-0.05, 0) is 41.0 Å². The van der Waals surface area contributed by atoms with E-state index in [9.17, 15) is 19.5 Å². The molecule has 1 amide bonds. The number of rotatable bonds is 8. The highest BCUT2D eigenvalue weighted by Crippen LogP contribution is 2.37. The van der Waals surface area contributed by atoms with Crippen LogP contribution in [0.2, 0.25) is 0 Å². The number of H-pyrrole nitrogens is 1. The van der Waals surface area contributed by atoms with Crippen LogP contribution in [-0.4, -0.2) is 40.7 Å². The van der Waals surface area contributed by atoms with Gasteiger partial charge in [0.25, 0.3) is 11.5 Å². The Morgan fingerprint density at radius 2 is 1.71 bits per heavy atom. The van der Waals surface area contributed by atoms with Gasteiger partial charge in [0, 0.05) is 5.39 Å². The summed E-state index contributed by atoms with van der Waals surface area (Å²) < 4.78 is 11.2. The summed E-state index contributed by atoms with van der Waals surface area (Å²) in [5, 5.41) is 22.0. The zero-order valence-corrected chi connectivity index (χ0v) is 18.7. The Morgan fingerprint density at radius 3 is 2.37 bits per heavy atom. The average molecular weight is 474 g/mol. The highest BCUT2D eigenvalue weighted by Gasteiger charge is 2.22. The van der Waals surface area contributed by atoms with Gasteiger partial charge in [-0.25, -0.2) is 0 Å². The summed E-state index contributed by atoms with van der Waals surface area (Å²) in [5.41, 5.74) is 1.07. The van der Waals surface area contributed by atoms with Crippen molar-refractivity contribution >= 4 is 22.8 Å². The molecular formula is C26H22N2O7. The molecule has 0 saturated carbocycles. The molecule has 0 radical (unpaired) electrons. The summed E-state index contributed by atoms with van der Waals surface area (Å²) in [6.07, 6.45) is 0. The molecule has 0 aliphatic carbocycles. The number of aromatic hydroxyl groups is 1. The van der Waals surface area contributed by atoms with Crippen molar-refractivity contribution in [2.75, 3.05) is 13.7 Å². The van der Waals surface area contributed by atoms with E-state index in [1.807, 2.05) is 42.5 Å². The molecule has 9 heteroatoms. The van der Waals surface area contributed by atoms with Crippen LogP contribution in [0.25, 0.3) is 22.0 Å². The van der Waals surface area contributed by atoms with Crippen molar-refractivity contribution in [3.8, 4) is 28.4 Å². The summed E-state index contributed by atoms with van der Waals surface area (Å²) in [5.74, 6) is -1.91. The first-order valence-corrected chi connectivity index (χ1v) is 10.6. The first-order chi connectivity index (χ1) is 16.9. The van der Waals surface area contributed by atoms with Gasteiger partial charge in [0.15, 0.2) is 0 Å². The zero-order valence-electron chi connectivity index (χ0n) is 18.7. The number of hydrogen-bond acceptors (Lipinski definition) is 6. The molecule has 0 bridgehead atoms. The number of ether oxygens (including phenoxy) is 2. The fourth-order valence-corrected chi connectivity index (χ4v) is 3.60. The number of nitrogens with one attached hydrogen (secondary N) is 2. The van der Waals surface area contributed by atoms with Gasteiger partial charge in [-0.1, -0.05) is 42.5 Å². The smallest absolute Gasteiger partial charge is 0.322 e. The van der Waals surface area contributed by atoms with Crippen molar-refractivity contribution < 1.29 is 29.3 Å². The lowest BCUT2D eigenvalue weighted by molar-refractivity contribution is -0.135. The molecule has 0 aliphatic rings. The van der Waals surface area contributed by atoms with E-state index in [1.54, 1.807) is 31.4 Å². The zero-order chi connectivity index (χ0) is 24.9. The number of carboxylic acid groups (broad SMARTS) is 1. The van der Waals surface area contributed by atoms with Crippen LogP contribution >= 0.6 is 0 Å². The summed E-state index contributed by atoms with van der Waals surface area (Å²) in [4.78, 5) is 38.6. The Balaban J connectivity index is 1.85. The van der Waals surface area contributed by atoms with Gasteiger partial charge in [0.2, 0.25) is 0 Å². The second-order valence-electron chi connectivity index (χ2n) is 7.65. The highest BCUT2D eigenvalue weighted by molar-refractivity contribution is 6.04. The van der Waals surface area contributed by atoms with Crippen LogP contribution in [-0.2, 0) is 11.4 Å². The number of methoxy groups -OCH3 is 1. The Bertz CT molecular complexity index is 1450. The molecule has 4 aromatic rings. The third kappa shape index (κ3) is 5.09. The van der Waals surface area contributed by atoms with Crippen molar-refractivity contribution in [2.45, 2.75) is 6.61 Å². The maximum absolute atomic E-state index is 12.7. The van der Waals surface area contributed by atoms with Gasteiger partial charge in [0.1, 0.15) is 36.0 Å². The highest BCUT2D eigenvalue weighted by atomic mass is 16.5. The lowest BCUT2D eigenvalue weighted by Gasteiger charge is -2.15. The van der Waals surface area contributed by atoms with Crippen molar-refractivity contribution in [1.82, 2.24) is 10.3 Å². The summed E-state index contributed by atoms with van der Waals surface area (Å²) in [6, 6.07) is 20.0. The van der Waals surface area contributed by atoms with Gasteiger partial charge >= 0.3 is 5.97 Å². The summed E-state index contributed by atoms with van der Waals surface area (Å²) >= 11 is 0. The van der Waals surface area contributed by atoms with Crippen molar-refractivity contribution in [3.63, 3.8) is 0 Å². The van der Waals surface area contributed by atoms with Crippen LogP contribution < -0.4 is 20.3 Å². The monoisotopic (exact) mass is 474 g/mol. The van der Waals surface area contributed by atoms with Crippen molar-refractivity contribution in [2.24, 2.45) is 0 Å². The maximum atomic E-state index is 12.7. The van der Waals surface area contributed by atoms with Crippen LogP contribution in [0.4, 0.5) is 0 Å². The minimum atomic E-state index is -1.28. The lowest BCUT2D eigenvalue weighted by Crippen LogP contribution is -2.33. The number of amides is 1. The predicted octanol–water partition coefficient (Wildman–Crippen LogP) is 3.30. The number of aromatic amines is 1. The van der Waals surface area contributed by atoms with Gasteiger partial charge in [0.05, 0.1) is 12.6 Å². The van der Waals surface area contributed by atoms with Crippen LogP contribution in [0.1, 0.15) is 15.9 Å². The van der Waals surface area contributed by atoms with E-state index in [1.165, 1.54) is 0 Å². The number of carbonyl (C=O) groups is 2. The number of aliphatic carboxylic acids is 1. The number of aromatic nitrogens is 1. The molecule has 1 heterocycles. The van der Waals surface area contributed by atoms with Gasteiger partial charge in [-0.15, -0.1) is 0 Å². The predicted molar refractivity (Wildman–Crippen MR) is 129 cm³/mol. The lowest BCUT2D eigenvalue weighted by atomic mass is 10.0. The van der Waals surface area contributed by atoms with Crippen LogP contribution in [0.15, 0.2) is 71.5 Å². The molecule has 0 aliphatic heterocycles. The minimum absolute atomic E-state index is 0.168. The molecule has 1 aromatic heterocycles. The third-order valence-corrected chi connectivity index (χ3v) is 5.35. The van der Waals surface area contributed by atoms with E-state index in [2.05, 4.69) is 10.3 Å². The van der Waals surface area contributed by atoms with Crippen molar-refractivity contribution in [1.29, 1.82) is 0 Å². The first-order valence-electron chi connectivity index (χ1n) is 10.6. The molecule has 0 saturated heterocycles. The van der Waals surface area contributed by atoms with Gasteiger partial charge in [-0.3, -0.25) is 14.4 Å². The SMILES string of the molecule is COc1ccc(-c2cc(OCc3ccccc3)c3[nH]c(=O)c(C(=O)NCC(=O)O)c(O)c3c2)cc1. The normalized spacial score (nSPS) is 10.7. The number of carboxylic acids is 1. The van der Waals surface area contributed by atoms with E-state index >= 15 is 0 Å². The number of fused-ring (bicyclic) bond motifs is 1. The molecule has 4 rings (SSSR count). The average Bonchev–Trinajstić information content (AvgIpc) is 2.87. The second-order valence-corrected chi connectivity index (χ2v) is 7.65. The molecule has 0 unspecified atom stereocenters. The second kappa shape index (κ2) is 10.0.